The molecule has 0 saturated heterocycles. The molecule has 0 bridgehead atoms. The summed E-state index contributed by atoms with van der Waals surface area (Å²) in [4.78, 5) is 13.6. The van der Waals surface area contributed by atoms with Crippen LogP contribution in [0.15, 0.2) is 18.2 Å². The summed E-state index contributed by atoms with van der Waals surface area (Å²) in [6.45, 7) is 1.62. The van der Waals surface area contributed by atoms with Gasteiger partial charge in [0.1, 0.15) is 5.82 Å². The number of rotatable bonds is 8. The number of hydrogen-bond acceptors (Lipinski definition) is 3. The maximum absolute atomic E-state index is 13.5. The first kappa shape index (κ1) is 17.3. The fraction of sp³-hybridized carbons (Fsp3) is 0.500. The number of thioether (sulfide) groups is 1. The quantitative estimate of drug-likeness (QED) is 0.748. The first-order valence-corrected chi connectivity index (χ1v) is 7.95. The molecule has 3 nitrogen and oxygen atoms in total. The number of nitrogens with one attached hydrogen (secondary N) is 1. The lowest BCUT2D eigenvalue weighted by Crippen LogP contribution is -2.28. The zero-order valence-corrected chi connectivity index (χ0v) is 13.4. The van der Waals surface area contributed by atoms with Crippen molar-refractivity contribution < 1.29 is 9.18 Å². The van der Waals surface area contributed by atoms with Gasteiger partial charge in [-0.3, -0.25) is 4.79 Å². The van der Waals surface area contributed by atoms with E-state index in [2.05, 4.69) is 10.2 Å². The number of halogens is 2. The molecule has 0 aliphatic carbocycles. The van der Waals surface area contributed by atoms with Crippen LogP contribution in [-0.2, 0) is 10.5 Å². The van der Waals surface area contributed by atoms with Crippen molar-refractivity contribution in [2.45, 2.75) is 12.2 Å². The SMILES string of the molecule is CN(C)CCCNC(=O)CSCc1ccc(Cl)cc1F. The predicted molar refractivity (Wildman–Crippen MR) is 83.8 cm³/mol. The van der Waals surface area contributed by atoms with Gasteiger partial charge < -0.3 is 10.2 Å². The van der Waals surface area contributed by atoms with Crippen LogP contribution in [0.1, 0.15) is 12.0 Å². The summed E-state index contributed by atoms with van der Waals surface area (Å²) >= 11 is 7.07. The molecule has 1 N–H and O–H groups in total. The third-order valence-electron chi connectivity index (χ3n) is 2.61. The van der Waals surface area contributed by atoms with E-state index in [1.165, 1.54) is 17.8 Å². The van der Waals surface area contributed by atoms with Crippen molar-refractivity contribution in [1.29, 1.82) is 0 Å². The topological polar surface area (TPSA) is 32.3 Å². The van der Waals surface area contributed by atoms with Gasteiger partial charge in [-0.1, -0.05) is 17.7 Å². The van der Waals surface area contributed by atoms with Crippen LogP contribution < -0.4 is 5.32 Å². The summed E-state index contributed by atoms with van der Waals surface area (Å²) in [6, 6.07) is 4.60. The van der Waals surface area contributed by atoms with Gasteiger partial charge in [0.25, 0.3) is 0 Å². The molecular weight excluding hydrogens is 299 g/mol. The maximum atomic E-state index is 13.5. The van der Waals surface area contributed by atoms with E-state index in [4.69, 9.17) is 11.6 Å². The lowest BCUT2D eigenvalue weighted by molar-refractivity contribution is -0.118. The van der Waals surface area contributed by atoms with Crippen molar-refractivity contribution >= 4 is 29.3 Å². The summed E-state index contributed by atoms with van der Waals surface area (Å²) in [7, 11) is 4.00. The summed E-state index contributed by atoms with van der Waals surface area (Å²) in [5.74, 6) is 0.470. The van der Waals surface area contributed by atoms with Crippen molar-refractivity contribution in [2.75, 3.05) is 32.9 Å². The molecule has 1 aromatic carbocycles. The maximum Gasteiger partial charge on any atom is 0.230 e. The molecule has 0 heterocycles. The van der Waals surface area contributed by atoms with E-state index < -0.39 is 0 Å². The van der Waals surface area contributed by atoms with Gasteiger partial charge >= 0.3 is 0 Å². The summed E-state index contributed by atoms with van der Waals surface area (Å²) in [5.41, 5.74) is 0.569. The van der Waals surface area contributed by atoms with E-state index in [-0.39, 0.29) is 11.7 Å². The number of carbonyl (C=O) groups excluding carboxylic acids is 1. The molecule has 1 aromatic rings. The Labute approximate surface area is 128 Å². The molecule has 0 aliphatic heterocycles. The molecule has 1 rings (SSSR count). The standard InChI is InChI=1S/C14H20ClFN2OS/c1-18(2)7-3-6-17-14(19)10-20-9-11-4-5-12(15)8-13(11)16/h4-5,8H,3,6-7,9-10H2,1-2H3,(H,17,19). The third-order valence-corrected chi connectivity index (χ3v) is 3.83. The van der Waals surface area contributed by atoms with Gasteiger partial charge in [-0.05, 0) is 44.8 Å². The van der Waals surface area contributed by atoms with E-state index in [9.17, 15) is 9.18 Å². The van der Waals surface area contributed by atoms with Crippen LogP contribution in [0.25, 0.3) is 0 Å². The Morgan fingerprint density at radius 2 is 2.20 bits per heavy atom. The molecule has 0 unspecified atom stereocenters. The third kappa shape index (κ3) is 7.12. The number of carbonyl (C=O) groups is 1. The van der Waals surface area contributed by atoms with E-state index in [0.717, 1.165) is 13.0 Å². The number of hydrogen-bond donors (Lipinski definition) is 1. The monoisotopic (exact) mass is 318 g/mol. The second kappa shape index (κ2) is 9.21. The highest BCUT2D eigenvalue weighted by molar-refractivity contribution is 7.99. The van der Waals surface area contributed by atoms with Gasteiger partial charge in [0.05, 0.1) is 5.75 Å². The molecule has 6 heteroatoms. The van der Waals surface area contributed by atoms with Crippen LogP contribution in [0.4, 0.5) is 4.39 Å². The number of amides is 1. The molecular formula is C14H20ClFN2OS. The fourth-order valence-corrected chi connectivity index (χ4v) is 2.57. The first-order chi connectivity index (χ1) is 9.49. The number of benzene rings is 1. The number of nitrogens with zero attached hydrogens (tertiary/aromatic N) is 1. The molecule has 0 radical (unpaired) electrons. The predicted octanol–water partition coefficient (Wildman–Crippen LogP) is 2.78. The zero-order chi connectivity index (χ0) is 15.0. The minimum atomic E-state index is -0.323. The lowest BCUT2D eigenvalue weighted by Gasteiger charge is -2.09. The average Bonchev–Trinajstić information content (AvgIpc) is 2.37. The molecule has 1 amide bonds. The van der Waals surface area contributed by atoms with Gasteiger partial charge in [-0.25, -0.2) is 4.39 Å². The first-order valence-electron chi connectivity index (χ1n) is 6.42. The van der Waals surface area contributed by atoms with Crippen LogP contribution >= 0.6 is 23.4 Å². The Morgan fingerprint density at radius 3 is 2.85 bits per heavy atom. The normalized spacial score (nSPS) is 10.8. The van der Waals surface area contributed by atoms with Gasteiger partial charge in [0.2, 0.25) is 5.91 Å². The summed E-state index contributed by atoms with van der Waals surface area (Å²) in [5, 5.41) is 3.23. The molecule has 0 spiro atoms. The zero-order valence-electron chi connectivity index (χ0n) is 11.8. The minimum Gasteiger partial charge on any atom is -0.355 e. The lowest BCUT2D eigenvalue weighted by atomic mass is 10.2. The van der Waals surface area contributed by atoms with Gasteiger partial charge in [-0.15, -0.1) is 11.8 Å². The highest BCUT2D eigenvalue weighted by Crippen LogP contribution is 2.19. The highest BCUT2D eigenvalue weighted by Gasteiger charge is 2.05. The van der Waals surface area contributed by atoms with Gasteiger partial charge in [0, 0.05) is 17.3 Å². The molecule has 0 saturated carbocycles. The Morgan fingerprint density at radius 1 is 1.45 bits per heavy atom. The van der Waals surface area contributed by atoms with Crippen molar-refractivity contribution in [3.05, 3.63) is 34.6 Å². The highest BCUT2D eigenvalue weighted by atomic mass is 35.5. The molecule has 0 atom stereocenters. The van der Waals surface area contributed by atoms with Gasteiger partial charge in [0.15, 0.2) is 0 Å². The Hall–Kier alpha value is -0.780. The smallest absolute Gasteiger partial charge is 0.230 e. The van der Waals surface area contributed by atoms with E-state index >= 15 is 0 Å². The fourth-order valence-electron chi connectivity index (χ4n) is 1.57. The minimum absolute atomic E-state index is 0.0110. The van der Waals surface area contributed by atoms with Crippen LogP contribution in [0, 0.1) is 5.82 Å². The summed E-state index contributed by atoms with van der Waals surface area (Å²) < 4.78 is 13.5. The van der Waals surface area contributed by atoms with Crippen LogP contribution in [-0.4, -0.2) is 43.7 Å². The molecule has 20 heavy (non-hydrogen) atoms. The van der Waals surface area contributed by atoms with Crippen molar-refractivity contribution in [2.24, 2.45) is 0 Å². The van der Waals surface area contributed by atoms with Crippen molar-refractivity contribution in [1.82, 2.24) is 10.2 Å². The Balaban J connectivity index is 2.18. The Kier molecular flexibility index (Phi) is 7.95. The van der Waals surface area contributed by atoms with Crippen molar-refractivity contribution in [3.63, 3.8) is 0 Å². The second-order valence-electron chi connectivity index (χ2n) is 4.74. The van der Waals surface area contributed by atoms with E-state index in [0.29, 0.717) is 28.6 Å². The average molecular weight is 319 g/mol. The summed E-state index contributed by atoms with van der Waals surface area (Å²) in [6.07, 6.45) is 0.926. The molecule has 112 valence electrons. The molecule has 0 fully saturated rings. The molecule has 0 aromatic heterocycles. The largest absolute Gasteiger partial charge is 0.355 e. The van der Waals surface area contributed by atoms with Crippen LogP contribution in [0.2, 0.25) is 5.02 Å². The van der Waals surface area contributed by atoms with Crippen LogP contribution in [0.3, 0.4) is 0 Å². The second-order valence-corrected chi connectivity index (χ2v) is 6.16. The van der Waals surface area contributed by atoms with E-state index in [1.54, 1.807) is 12.1 Å². The van der Waals surface area contributed by atoms with Crippen LogP contribution in [0.5, 0.6) is 0 Å². The van der Waals surface area contributed by atoms with Gasteiger partial charge in [-0.2, -0.15) is 0 Å². The Bertz CT molecular complexity index is 443. The molecule has 0 aliphatic rings. The van der Waals surface area contributed by atoms with E-state index in [1.807, 2.05) is 14.1 Å². The van der Waals surface area contributed by atoms with Crippen molar-refractivity contribution in [3.8, 4) is 0 Å².